The van der Waals surface area contributed by atoms with Gasteiger partial charge in [0.15, 0.2) is 5.82 Å². The van der Waals surface area contributed by atoms with Crippen LogP contribution in [0.1, 0.15) is 32.0 Å². The van der Waals surface area contributed by atoms with Gasteiger partial charge in [-0.3, -0.25) is 0 Å². The molecule has 7 heteroatoms. The molecule has 0 aliphatic carbocycles. The minimum Gasteiger partial charge on any atom is -0.409 e. The van der Waals surface area contributed by atoms with Crippen LogP contribution in [0.3, 0.4) is 0 Å². The average molecular weight is 276 g/mol. The molecule has 20 heavy (non-hydrogen) atoms. The first kappa shape index (κ1) is 13.9. The lowest BCUT2D eigenvalue weighted by molar-refractivity contribution is 0.197. The summed E-state index contributed by atoms with van der Waals surface area (Å²) >= 11 is 0. The minimum atomic E-state index is -0.880. The molecule has 0 saturated heterocycles. The van der Waals surface area contributed by atoms with Gasteiger partial charge in [-0.15, -0.1) is 9.78 Å². The Hall–Kier alpha value is -2.57. The molecule has 0 amide bonds. The van der Waals surface area contributed by atoms with E-state index in [0.717, 1.165) is 11.1 Å². The molecule has 2 rings (SSSR count). The molecule has 0 bridgehead atoms. The van der Waals surface area contributed by atoms with E-state index in [1.54, 1.807) is 30.3 Å². The summed E-state index contributed by atoms with van der Waals surface area (Å²) in [4.78, 5) is 23.8. The highest BCUT2D eigenvalue weighted by Crippen LogP contribution is 2.13. The minimum absolute atomic E-state index is 0.0292. The fraction of sp³-hybridized carbons (Fsp3) is 0.308. The number of carbonyl (C=O) groups is 1. The second-order valence-corrected chi connectivity index (χ2v) is 4.41. The molecule has 0 saturated carbocycles. The van der Waals surface area contributed by atoms with Crippen LogP contribution in [0.15, 0.2) is 35.1 Å². The zero-order chi connectivity index (χ0) is 14.7. The van der Waals surface area contributed by atoms with E-state index < -0.39 is 11.8 Å². The Balaban J connectivity index is 2.29. The lowest BCUT2D eigenvalue weighted by atomic mass is 10.1. The van der Waals surface area contributed by atoms with Gasteiger partial charge in [-0.05, 0) is 18.6 Å². The number of hydrogen-bond acceptors (Lipinski definition) is 5. The number of ether oxygens (including phenoxy) is 1. The first-order valence-corrected chi connectivity index (χ1v) is 6.28. The summed E-state index contributed by atoms with van der Waals surface area (Å²) in [7, 11) is 0. The molecule has 0 aliphatic rings. The van der Waals surface area contributed by atoms with Crippen LogP contribution in [0.25, 0.3) is 0 Å². The normalized spacial score (nSPS) is 12.1. The maximum Gasteiger partial charge on any atom is 0.444 e. The quantitative estimate of drug-likeness (QED) is 0.853. The van der Waals surface area contributed by atoms with Crippen molar-refractivity contribution in [3.63, 3.8) is 0 Å². The molecule has 1 aromatic heterocycles. The van der Waals surface area contributed by atoms with Crippen molar-refractivity contribution in [1.82, 2.24) is 14.5 Å². The molecule has 1 unspecified atom stereocenters. The molecule has 0 spiro atoms. The second kappa shape index (κ2) is 5.60. The first-order chi connectivity index (χ1) is 9.54. The first-order valence-electron chi connectivity index (χ1n) is 6.28. The van der Waals surface area contributed by atoms with Gasteiger partial charge < -0.3 is 10.6 Å². The van der Waals surface area contributed by atoms with Gasteiger partial charge in [-0.2, -0.15) is 4.68 Å². The predicted octanol–water partition coefficient (Wildman–Crippen LogP) is 1.32. The highest BCUT2D eigenvalue weighted by Gasteiger charge is 2.21. The summed E-state index contributed by atoms with van der Waals surface area (Å²) in [6.45, 7) is 3.81. The van der Waals surface area contributed by atoms with Crippen LogP contribution in [0, 0.1) is 0 Å². The third-order valence-electron chi connectivity index (χ3n) is 3.01. The lowest BCUT2D eigenvalue weighted by Crippen LogP contribution is -2.35. The molecular formula is C13H16N4O3. The van der Waals surface area contributed by atoms with E-state index in [-0.39, 0.29) is 5.92 Å². The van der Waals surface area contributed by atoms with E-state index in [2.05, 4.69) is 5.10 Å². The maximum atomic E-state index is 11.9. The van der Waals surface area contributed by atoms with Crippen molar-refractivity contribution in [1.29, 1.82) is 0 Å². The molecule has 1 heterocycles. The van der Waals surface area contributed by atoms with Crippen molar-refractivity contribution in [3.8, 4) is 5.75 Å². The molecule has 1 aromatic carbocycles. The summed E-state index contributed by atoms with van der Waals surface area (Å²) in [5.41, 5.74) is -0.721. The van der Waals surface area contributed by atoms with Crippen LogP contribution in [0.2, 0.25) is 0 Å². The number of para-hydroxylation sites is 1. The van der Waals surface area contributed by atoms with Crippen LogP contribution in [0.4, 0.5) is 4.79 Å². The van der Waals surface area contributed by atoms with E-state index in [9.17, 15) is 9.59 Å². The van der Waals surface area contributed by atoms with Gasteiger partial charge in [0.1, 0.15) is 5.75 Å². The monoisotopic (exact) mass is 276 g/mol. The topological polar surface area (TPSA) is 92.1 Å². The summed E-state index contributed by atoms with van der Waals surface area (Å²) in [6.07, 6.45) is -0.128. The van der Waals surface area contributed by atoms with E-state index in [1.807, 2.05) is 13.8 Å². The molecule has 2 aromatic rings. The van der Waals surface area contributed by atoms with Crippen LogP contribution in [-0.4, -0.2) is 20.5 Å². The Morgan fingerprint density at radius 3 is 2.65 bits per heavy atom. The number of carbonyl (C=O) groups excluding carboxylic acids is 1. The number of nitrogens with two attached hydrogens (primary N) is 1. The van der Waals surface area contributed by atoms with Gasteiger partial charge in [-0.25, -0.2) is 9.59 Å². The molecular weight excluding hydrogens is 260 g/mol. The zero-order valence-electron chi connectivity index (χ0n) is 11.3. The molecule has 106 valence electrons. The smallest absolute Gasteiger partial charge is 0.409 e. The number of nitrogen functional groups attached to an aromatic ring is 1. The Morgan fingerprint density at radius 2 is 2.05 bits per heavy atom. The summed E-state index contributed by atoms with van der Waals surface area (Å²) < 4.78 is 6.56. The number of nitrogens with zero attached hydrogens (tertiary/aromatic N) is 3. The van der Waals surface area contributed by atoms with E-state index in [1.165, 1.54) is 0 Å². The van der Waals surface area contributed by atoms with Gasteiger partial charge in [0.25, 0.3) is 0 Å². The van der Waals surface area contributed by atoms with Gasteiger partial charge in [0, 0.05) is 5.92 Å². The van der Waals surface area contributed by atoms with Gasteiger partial charge >= 0.3 is 11.8 Å². The van der Waals surface area contributed by atoms with E-state index in [4.69, 9.17) is 10.6 Å². The SMILES string of the molecule is CCC(C)c1nn(C(=O)Oc2ccccc2)c(=O)n1N. The van der Waals surface area contributed by atoms with Gasteiger partial charge in [0.2, 0.25) is 0 Å². The Bertz CT molecular complexity index is 660. The zero-order valence-corrected chi connectivity index (χ0v) is 11.3. The van der Waals surface area contributed by atoms with Crippen molar-refractivity contribution >= 4 is 6.09 Å². The maximum absolute atomic E-state index is 11.9. The standard InChI is InChI=1S/C13H16N4O3/c1-3-9(2)11-15-17(12(18)16(11)14)13(19)20-10-7-5-4-6-8-10/h4-9H,3,14H2,1-2H3. The third-order valence-corrected chi connectivity index (χ3v) is 3.01. The Morgan fingerprint density at radius 1 is 1.40 bits per heavy atom. The van der Waals surface area contributed by atoms with E-state index >= 15 is 0 Å². The summed E-state index contributed by atoms with van der Waals surface area (Å²) in [6, 6.07) is 8.45. The average Bonchev–Trinajstić information content (AvgIpc) is 2.76. The molecule has 0 fully saturated rings. The Kier molecular flexibility index (Phi) is 3.88. The molecule has 0 aliphatic heterocycles. The van der Waals surface area contributed by atoms with Crippen molar-refractivity contribution in [2.45, 2.75) is 26.2 Å². The Labute approximate surface area is 115 Å². The number of hydrogen-bond donors (Lipinski definition) is 1. The van der Waals surface area contributed by atoms with Gasteiger partial charge in [-0.1, -0.05) is 32.0 Å². The highest BCUT2D eigenvalue weighted by atomic mass is 16.6. The largest absolute Gasteiger partial charge is 0.444 e. The van der Waals surface area contributed by atoms with Crippen LogP contribution in [0.5, 0.6) is 5.75 Å². The molecule has 0 radical (unpaired) electrons. The molecule has 7 nitrogen and oxygen atoms in total. The van der Waals surface area contributed by atoms with Crippen LogP contribution < -0.4 is 16.3 Å². The fourth-order valence-corrected chi connectivity index (χ4v) is 1.66. The number of aromatic nitrogens is 3. The van der Waals surface area contributed by atoms with Gasteiger partial charge in [0.05, 0.1) is 0 Å². The summed E-state index contributed by atoms with van der Waals surface area (Å²) in [5.74, 6) is 6.28. The second-order valence-electron chi connectivity index (χ2n) is 4.41. The molecule has 2 N–H and O–H groups in total. The van der Waals surface area contributed by atoms with Crippen LogP contribution >= 0.6 is 0 Å². The van der Waals surface area contributed by atoms with E-state index in [0.29, 0.717) is 16.3 Å². The number of benzene rings is 1. The lowest BCUT2D eigenvalue weighted by Gasteiger charge is -2.04. The molecule has 1 atom stereocenters. The number of rotatable bonds is 3. The highest BCUT2D eigenvalue weighted by molar-refractivity contribution is 5.71. The third kappa shape index (κ3) is 2.56. The van der Waals surface area contributed by atoms with Crippen molar-refractivity contribution in [3.05, 3.63) is 46.6 Å². The predicted molar refractivity (Wildman–Crippen MR) is 73.2 cm³/mol. The van der Waals surface area contributed by atoms with Crippen LogP contribution in [-0.2, 0) is 0 Å². The van der Waals surface area contributed by atoms with Crippen molar-refractivity contribution in [2.75, 3.05) is 5.84 Å². The van der Waals surface area contributed by atoms with Crippen molar-refractivity contribution < 1.29 is 9.53 Å². The van der Waals surface area contributed by atoms with Crippen molar-refractivity contribution in [2.24, 2.45) is 0 Å². The summed E-state index contributed by atoms with van der Waals surface area (Å²) in [5, 5.41) is 3.94. The fourth-order valence-electron chi connectivity index (χ4n) is 1.66.